The number of H-pyrrole nitrogens is 1. The number of hydrogen-bond acceptors (Lipinski definition) is 10. The van der Waals surface area contributed by atoms with E-state index in [0.717, 1.165) is 15.6 Å². The third-order valence-electron chi connectivity index (χ3n) is 5.38. The SMILES string of the molecule is Cc1ccc(OC(=O)CCOP(=O)(COCCn2cnc3c(=O)[nH]c(N)nc32)OCc2cccc(Br)c2)cc1. The van der Waals surface area contributed by atoms with Crippen LogP contribution in [0.25, 0.3) is 11.2 Å². The number of carbonyl (C=O) groups excluding carboxylic acids is 1. The molecule has 0 saturated carbocycles. The fourth-order valence-electron chi connectivity index (χ4n) is 3.44. The molecule has 206 valence electrons. The fourth-order valence-corrected chi connectivity index (χ4v) is 5.18. The Morgan fingerprint density at radius 3 is 2.72 bits per heavy atom. The van der Waals surface area contributed by atoms with Crippen molar-refractivity contribution in [3.8, 4) is 5.75 Å². The quantitative estimate of drug-likeness (QED) is 0.0961. The van der Waals surface area contributed by atoms with Gasteiger partial charge in [-0.25, -0.2) is 4.98 Å². The van der Waals surface area contributed by atoms with Crippen LogP contribution in [0.4, 0.5) is 5.95 Å². The number of imidazole rings is 1. The number of nitrogens with two attached hydrogens (primary N) is 1. The number of fused-ring (bicyclic) bond motifs is 1. The molecule has 0 saturated heterocycles. The van der Waals surface area contributed by atoms with E-state index in [1.165, 1.54) is 6.33 Å². The molecule has 1 unspecified atom stereocenters. The minimum absolute atomic E-state index is 0.00597. The van der Waals surface area contributed by atoms with Crippen LogP contribution in [0.2, 0.25) is 0 Å². The number of halogens is 1. The first kappa shape index (κ1) is 28.7. The Bertz CT molecular complexity index is 1540. The van der Waals surface area contributed by atoms with Crippen LogP contribution < -0.4 is 16.0 Å². The van der Waals surface area contributed by atoms with Gasteiger partial charge in [-0.3, -0.25) is 19.1 Å². The van der Waals surface area contributed by atoms with Gasteiger partial charge in [0.25, 0.3) is 5.56 Å². The lowest BCUT2D eigenvalue weighted by Crippen LogP contribution is -2.14. The van der Waals surface area contributed by atoms with Crippen molar-refractivity contribution in [2.45, 2.75) is 26.5 Å². The van der Waals surface area contributed by atoms with Crippen molar-refractivity contribution in [3.63, 3.8) is 0 Å². The number of esters is 1. The van der Waals surface area contributed by atoms with Gasteiger partial charge in [0, 0.05) is 11.0 Å². The Morgan fingerprint density at radius 2 is 1.95 bits per heavy atom. The van der Waals surface area contributed by atoms with Crippen molar-refractivity contribution in [2.75, 3.05) is 25.3 Å². The maximum atomic E-state index is 13.5. The lowest BCUT2D eigenvalue weighted by molar-refractivity contribution is -0.134. The molecule has 39 heavy (non-hydrogen) atoms. The van der Waals surface area contributed by atoms with Crippen LogP contribution in [0.1, 0.15) is 17.5 Å². The van der Waals surface area contributed by atoms with Gasteiger partial charge < -0.3 is 28.8 Å². The second kappa shape index (κ2) is 13.1. The average molecular weight is 620 g/mol. The highest BCUT2D eigenvalue weighted by molar-refractivity contribution is 9.10. The van der Waals surface area contributed by atoms with E-state index >= 15 is 0 Å². The van der Waals surface area contributed by atoms with E-state index in [0.29, 0.717) is 11.4 Å². The van der Waals surface area contributed by atoms with Crippen molar-refractivity contribution in [3.05, 3.63) is 80.8 Å². The van der Waals surface area contributed by atoms with Crippen LogP contribution in [0, 0.1) is 6.92 Å². The first-order chi connectivity index (χ1) is 18.7. The number of nitrogens with one attached hydrogen (secondary N) is 1. The molecule has 4 rings (SSSR count). The molecule has 0 aliphatic heterocycles. The number of carbonyl (C=O) groups is 1. The smallest absolute Gasteiger partial charge is 0.356 e. The number of benzene rings is 2. The summed E-state index contributed by atoms with van der Waals surface area (Å²) < 4.78 is 38.0. The highest BCUT2D eigenvalue weighted by atomic mass is 79.9. The number of nitrogens with zero attached hydrogens (tertiary/aromatic N) is 3. The molecule has 1 atom stereocenters. The number of aromatic nitrogens is 4. The summed E-state index contributed by atoms with van der Waals surface area (Å²) in [4.78, 5) is 34.7. The highest BCUT2D eigenvalue weighted by Crippen LogP contribution is 2.49. The molecule has 4 aromatic rings. The summed E-state index contributed by atoms with van der Waals surface area (Å²) in [6.07, 6.45) is 0.937. The van der Waals surface area contributed by atoms with E-state index in [1.807, 2.05) is 43.3 Å². The van der Waals surface area contributed by atoms with Gasteiger partial charge >= 0.3 is 13.6 Å². The Labute approximate surface area is 232 Å². The topological polar surface area (TPSA) is 161 Å². The Morgan fingerprint density at radius 1 is 1.15 bits per heavy atom. The van der Waals surface area contributed by atoms with Crippen LogP contribution in [0.15, 0.2) is 64.1 Å². The molecule has 0 aliphatic carbocycles. The van der Waals surface area contributed by atoms with Gasteiger partial charge in [-0.2, -0.15) is 4.98 Å². The minimum atomic E-state index is -3.78. The van der Waals surface area contributed by atoms with E-state index in [9.17, 15) is 14.2 Å². The van der Waals surface area contributed by atoms with Gasteiger partial charge in [-0.05, 0) is 36.8 Å². The fraction of sp³-hybridized carbons (Fsp3) is 0.280. The van der Waals surface area contributed by atoms with E-state index in [4.69, 9.17) is 24.3 Å². The zero-order chi connectivity index (χ0) is 27.8. The monoisotopic (exact) mass is 619 g/mol. The standard InChI is InChI=1S/C25H27BrN5O7P/c1-17-5-7-20(8-6-17)38-21(32)9-11-36-39(34,37-14-18-3-2-4-19(26)13-18)16-35-12-10-31-15-28-22-23(31)29-25(27)30-24(22)33/h2-8,13,15H,9-12,14,16H2,1H3,(H3,27,29,30,33). The zero-order valence-corrected chi connectivity index (χ0v) is 23.5. The van der Waals surface area contributed by atoms with Crippen molar-refractivity contribution in [1.29, 1.82) is 0 Å². The second-order valence-electron chi connectivity index (χ2n) is 8.48. The summed E-state index contributed by atoms with van der Waals surface area (Å²) in [5.41, 5.74) is 7.44. The molecule has 0 radical (unpaired) electrons. The van der Waals surface area contributed by atoms with E-state index in [-0.39, 0.29) is 50.6 Å². The molecule has 2 aromatic carbocycles. The largest absolute Gasteiger partial charge is 0.426 e. The van der Waals surface area contributed by atoms with Crippen molar-refractivity contribution in [1.82, 2.24) is 19.5 Å². The molecular formula is C25H27BrN5O7P. The highest BCUT2D eigenvalue weighted by Gasteiger charge is 2.26. The lowest BCUT2D eigenvalue weighted by Gasteiger charge is -2.19. The first-order valence-electron chi connectivity index (χ1n) is 11.9. The van der Waals surface area contributed by atoms with Gasteiger partial charge in [0.2, 0.25) is 5.95 Å². The summed E-state index contributed by atoms with van der Waals surface area (Å²) in [6.45, 7) is 2.08. The van der Waals surface area contributed by atoms with E-state index < -0.39 is 19.1 Å². The Balaban J connectivity index is 1.34. The van der Waals surface area contributed by atoms with E-state index in [2.05, 4.69) is 30.9 Å². The number of aryl methyl sites for hydroxylation is 1. The molecule has 0 amide bonds. The predicted octanol–water partition coefficient (Wildman–Crippen LogP) is 4.17. The van der Waals surface area contributed by atoms with Gasteiger partial charge in [-0.15, -0.1) is 0 Å². The normalized spacial score (nSPS) is 12.9. The van der Waals surface area contributed by atoms with Crippen LogP contribution in [0.3, 0.4) is 0 Å². The molecule has 0 bridgehead atoms. The number of hydrogen-bond donors (Lipinski definition) is 2. The third kappa shape index (κ3) is 8.32. The van der Waals surface area contributed by atoms with Crippen LogP contribution >= 0.6 is 23.5 Å². The molecule has 0 fully saturated rings. The third-order valence-corrected chi connectivity index (χ3v) is 7.47. The second-order valence-corrected chi connectivity index (χ2v) is 11.4. The van der Waals surface area contributed by atoms with Gasteiger partial charge in [-0.1, -0.05) is 45.8 Å². The van der Waals surface area contributed by atoms with Crippen LogP contribution in [-0.4, -0.2) is 45.1 Å². The van der Waals surface area contributed by atoms with Crippen molar-refractivity contribution >= 4 is 46.6 Å². The van der Waals surface area contributed by atoms with Gasteiger partial charge in [0.1, 0.15) is 12.1 Å². The first-order valence-corrected chi connectivity index (χ1v) is 14.4. The maximum Gasteiger partial charge on any atom is 0.356 e. The minimum Gasteiger partial charge on any atom is -0.426 e. The summed E-state index contributed by atoms with van der Waals surface area (Å²) >= 11 is 3.39. The summed E-state index contributed by atoms with van der Waals surface area (Å²) in [7, 11) is -3.78. The van der Waals surface area contributed by atoms with Gasteiger partial charge in [0.05, 0.1) is 32.6 Å². The summed E-state index contributed by atoms with van der Waals surface area (Å²) in [6, 6.07) is 14.4. The average Bonchev–Trinajstić information content (AvgIpc) is 3.30. The predicted molar refractivity (Wildman–Crippen MR) is 147 cm³/mol. The van der Waals surface area contributed by atoms with Crippen LogP contribution in [0.5, 0.6) is 5.75 Å². The van der Waals surface area contributed by atoms with Crippen molar-refractivity contribution < 1.29 is 27.9 Å². The number of nitrogen functional groups attached to an aromatic ring is 1. The molecule has 0 aliphatic rings. The molecule has 12 nitrogen and oxygen atoms in total. The number of ether oxygens (including phenoxy) is 2. The van der Waals surface area contributed by atoms with E-state index in [1.54, 1.807) is 16.7 Å². The number of aromatic amines is 1. The number of anilines is 1. The Hall–Kier alpha value is -3.35. The molecule has 2 aromatic heterocycles. The maximum absolute atomic E-state index is 13.5. The molecule has 0 spiro atoms. The zero-order valence-electron chi connectivity index (χ0n) is 21.0. The molecule has 14 heteroatoms. The van der Waals surface area contributed by atoms with Gasteiger partial charge in [0.15, 0.2) is 11.2 Å². The molecule has 3 N–H and O–H groups in total. The Kier molecular flexibility index (Phi) is 9.65. The lowest BCUT2D eigenvalue weighted by atomic mass is 10.2. The summed E-state index contributed by atoms with van der Waals surface area (Å²) in [5, 5.41) is 0. The van der Waals surface area contributed by atoms with Crippen molar-refractivity contribution in [2.24, 2.45) is 0 Å². The number of rotatable bonds is 13. The van der Waals surface area contributed by atoms with Crippen LogP contribution in [-0.2, 0) is 36.3 Å². The molecule has 2 heterocycles. The summed E-state index contributed by atoms with van der Waals surface area (Å²) in [5.74, 6) is -0.157. The molecular weight excluding hydrogens is 593 g/mol.